The zero-order valence-corrected chi connectivity index (χ0v) is 20.5. The van der Waals surface area contributed by atoms with Gasteiger partial charge in [0.25, 0.3) is 0 Å². The molecular formula is C29H38N2. The highest BCUT2D eigenvalue weighted by molar-refractivity contribution is 5.79. The smallest absolute Gasteiger partial charge is 0.210 e. The molecular weight excluding hydrogens is 376 g/mol. The van der Waals surface area contributed by atoms with Crippen LogP contribution in [0, 0.1) is 27.7 Å². The van der Waals surface area contributed by atoms with E-state index in [1.54, 1.807) is 0 Å². The molecule has 0 aliphatic carbocycles. The molecule has 0 radical (unpaired) electrons. The van der Waals surface area contributed by atoms with Gasteiger partial charge < -0.3 is 5.53 Å². The van der Waals surface area contributed by atoms with Gasteiger partial charge in [0.05, 0.1) is 0 Å². The molecule has 2 aromatic rings. The Balaban J connectivity index is 1.93. The molecule has 0 bridgehead atoms. The lowest BCUT2D eigenvalue weighted by Gasteiger charge is -2.15. The highest BCUT2D eigenvalue weighted by atomic mass is 15.2. The van der Waals surface area contributed by atoms with Gasteiger partial charge in [0.1, 0.15) is 0 Å². The van der Waals surface area contributed by atoms with E-state index in [2.05, 4.69) is 78.8 Å². The number of rotatable bonds is 8. The molecule has 1 aliphatic rings. The summed E-state index contributed by atoms with van der Waals surface area (Å²) in [6.07, 6.45) is 9.22. The zero-order chi connectivity index (χ0) is 22.7. The Labute approximate surface area is 189 Å². The minimum absolute atomic E-state index is 0.867. The number of allylic oxidation sites excluding steroid dienone is 2. The fourth-order valence-electron chi connectivity index (χ4n) is 4.94. The van der Waals surface area contributed by atoms with Gasteiger partial charge >= 0.3 is 0 Å². The molecule has 164 valence electrons. The van der Waals surface area contributed by atoms with Gasteiger partial charge in [-0.1, -0.05) is 26.7 Å². The molecule has 1 aliphatic heterocycles. The third kappa shape index (κ3) is 4.74. The molecule has 0 amide bonds. The minimum atomic E-state index is 0.867. The van der Waals surface area contributed by atoms with Crippen LogP contribution < -0.4 is 0 Å². The molecule has 0 aromatic heterocycles. The van der Waals surface area contributed by atoms with Gasteiger partial charge in [-0.05, 0) is 118 Å². The molecule has 0 saturated carbocycles. The highest BCUT2D eigenvalue weighted by Crippen LogP contribution is 2.37. The second kappa shape index (κ2) is 9.77. The predicted molar refractivity (Wildman–Crippen MR) is 133 cm³/mol. The standard InChI is InChI=1S/C29H38N2/c1-8-10-12-26-19(3)14-24(15-20(26)4)28-18-23(7)29(31(28)30)25-16-21(5)27(13-11-9-2)22(6)17-25/h14-18H,8-13H2,1-7H3. The predicted octanol–water partition coefficient (Wildman–Crippen LogP) is 8.43. The molecule has 1 heterocycles. The van der Waals surface area contributed by atoms with Gasteiger partial charge in [-0.15, -0.1) is 0 Å². The summed E-state index contributed by atoms with van der Waals surface area (Å²) in [4.78, 5) is 0. The maximum Gasteiger partial charge on any atom is 0.210 e. The normalized spacial score (nSPS) is 13.9. The Kier molecular flexibility index (Phi) is 7.30. The Hall–Kier alpha value is -2.48. The van der Waals surface area contributed by atoms with E-state index >= 15 is 0 Å². The van der Waals surface area contributed by atoms with E-state index in [0.717, 1.165) is 40.9 Å². The Morgan fingerprint density at radius 1 is 0.677 bits per heavy atom. The van der Waals surface area contributed by atoms with Crippen molar-refractivity contribution in [3.05, 3.63) is 86.0 Å². The quantitative estimate of drug-likeness (QED) is 0.387. The van der Waals surface area contributed by atoms with Crippen LogP contribution in [-0.4, -0.2) is 4.70 Å². The van der Waals surface area contributed by atoms with Gasteiger partial charge in [-0.2, -0.15) is 0 Å². The van der Waals surface area contributed by atoms with Crippen molar-refractivity contribution in [3.63, 3.8) is 0 Å². The fraction of sp³-hybridized carbons (Fsp3) is 0.448. The summed E-state index contributed by atoms with van der Waals surface area (Å²) in [5.41, 5.74) is 24.4. The first-order valence-electron chi connectivity index (χ1n) is 11.9. The van der Waals surface area contributed by atoms with Gasteiger partial charge in [-0.3, -0.25) is 0 Å². The summed E-state index contributed by atoms with van der Waals surface area (Å²) in [7, 11) is 0. The number of hydrogen-bond donors (Lipinski definition) is 0. The van der Waals surface area contributed by atoms with E-state index in [-0.39, 0.29) is 0 Å². The maximum atomic E-state index is 11.2. The summed E-state index contributed by atoms with van der Waals surface area (Å²) in [6, 6.07) is 8.93. The molecule has 2 nitrogen and oxygen atoms in total. The van der Waals surface area contributed by atoms with Crippen LogP contribution in [0.3, 0.4) is 0 Å². The molecule has 0 spiro atoms. The van der Waals surface area contributed by atoms with E-state index in [1.807, 2.05) is 0 Å². The fourth-order valence-corrected chi connectivity index (χ4v) is 4.94. The molecule has 2 heteroatoms. The number of hydrogen-bond acceptors (Lipinski definition) is 0. The average molecular weight is 415 g/mol. The molecule has 0 fully saturated rings. The molecule has 2 aromatic carbocycles. The lowest BCUT2D eigenvalue weighted by molar-refractivity contribution is -0.344. The second-order valence-electron chi connectivity index (χ2n) is 9.26. The average Bonchev–Trinajstić information content (AvgIpc) is 3.00. The first kappa shape index (κ1) is 23.2. The third-order valence-corrected chi connectivity index (χ3v) is 6.69. The van der Waals surface area contributed by atoms with Crippen LogP contribution in [0.25, 0.3) is 16.9 Å². The van der Waals surface area contributed by atoms with Crippen LogP contribution in [0.2, 0.25) is 0 Å². The van der Waals surface area contributed by atoms with Gasteiger partial charge in [0.2, 0.25) is 11.4 Å². The van der Waals surface area contributed by atoms with Crippen LogP contribution in [0.1, 0.15) is 91.0 Å². The van der Waals surface area contributed by atoms with Crippen LogP contribution in [-0.2, 0) is 12.8 Å². The van der Waals surface area contributed by atoms with Crippen LogP contribution >= 0.6 is 0 Å². The van der Waals surface area contributed by atoms with Crippen LogP contribution in [0.15, 0.2) is 35.9 Å². The second-order valence-corrected chi connectivity index (χ2v) is 9.26. The lowest BCUT2D eigenvalue weighted by atomic mass is 9.93. The van der Waals surface area contributed by atoms with Crippen molar-refractivity contribution in [2.24, 2.45) is 0 Å². The molecule has 0 N–H and O–H groups in total. The maximum absolute atomic E-state index is 11.2. The Morgan fingerprint density at radius 2 is 1.10 bits per heavy atom. The number of unbranched alkanes of at least 4 members (excludes halogenated alkanes) is 2. The molecule has 0 unspecified atom stereocenters. The van der Waals surface area contributed by atoms with E-state index in [9.17, 15) is 5.53 Å². The summed E-state index contributed by atoms with van der Waals surface area (Å²) in [5.74, 6) is 0. The Morgan fingerprint density at radius 3 is 1.52 bits per heavy atom. The topological polar surface area (TPSA) is 25.3 Å². The summed E-state index contributed by atoms with van der Waals surface area (Å²) in [5, 5.41) is 0. The minimum Gasteiger partial charge on any atom is -0.493 e. The third-order valence-electron chi connectivity index (χ3n) is 6.69. The lowest BCUT2D eigenvalue weighted by Crippen LogP contribution is -2.05. The van der Waals surface area contributed by atoms with Gasteiger partial charge in [-0.25, -0.2) is 4.70 Å². The monoisotopic (exact) mass is 414 g/mol. The Bertz CT molecular complexity index is 1020. The largest absolute Gasteiger partial charge is 0.493 e. The first-order chi connectivity index (χ1) is 14.8. The van der Waals surface area contributed by atoms with Crippen LogP contribution in [0.4, 0.5) is 0 Å². The van der Waals surface area contributed by atoms with Crippen molar-refractivity contribution in [1.29, 1.82) is 0 Å². The van der Waals surface area contributed by atoms with Gasteiger partial charge in [0, 0.05) is 22.8 Å². The molecule has 31 heavy (non-hydrogen) atoms. The van der Waals surface area contributed by atoms with E-state index in [0.29, 0.717) is 0 Å². The number of benzene rings is 2. The summed E-state index contributed by atoms with van der Waals surface area (Å²) in [6.45, 7) is 15.4. The van der Waals surface area contributed by atoms with Crippen molar-refractivity contribution in [2.45, 2.75) is 87.0 Å². The SMILES string of the molecule is CCCCc1c(C)cc(C2=CC(C)=C(c3cc(C)c(CCCC)c(C)c3)[N+]2=[N-])cc1C. The van der Waals surface area contributed by atoms with E-state index < -0.39 is 0 Å². The molecule has 0 saturated heterocycles. The number of nitrogens with zero attached hydrogens (tertiary/aromatic N) is 2. The van der Waals surface area contributed by atoms with E-state index in [1.165, 1.54) is 63.8 Å². The first-order valence-corrected chi connectivity index (χ1v) is 11.9. The summed E-state index contributed by atoms with van der Waals surface area (Å²) < 4.78 is 1.40. The van der Waals surface area contributed by atoms with Crippen molar-refractivity contribution in [1.82, 2.24) is 0 Å². The highest BCUT2D eigenvalue weighted by Gasteiger charge is 2.28. The van der Waals surface area contributed by atoms with E-state index in [4.69, 9.17) is 0 Å². The van der Waals surface area contributed by atoms with Crippen LogP contribution in [0.5, 0.6) is 0 Å². The molecule has 0 atom stereocenters. The van der Waals surface area contributed by atoms with Crippen molar-refractivity contribution >= 4 is 11.4 Å². The summed E-state index contributed by atoms with van der Waals surface area (Å²) >= 11 is 0. The van der Waals surface area contributed by atoms with Crippen molar-refractivity contribution in [3.8, 4) is 0 Å². The molecule has 3 rings (SSSR count). The van der Waals surface area contributed by atoms with Crippen molar-refractivity contribution in [2.75, 3.05) is 0 Å². The van der Waals surface area contributed by atoms with Crippen molar-refractivity contribution < 1.29 is 4.70 Å². The number of aryl methyl sites for hydroxylation is 4. The van der Waals surface area contributed by atoms with Gasteiger partial charge in [0.15, 0.2) is 0 Å². The zero-order valence-electron chi connectivity index (χ0n) is 20.5.